The Morgan fingerprint density at radius 2 is 1.77 bits per heavy atom. The molecule has 0 aromatic heterocycles. The third-order valence-corrected chi connectivity index (χ3v) is 3.38. The first-order chi connectivity index (χ1) is 12.2. The number of halogens is 1. The number of alkyl carbamates (subject to hydrolysis) is 1. The van der Waals surface area contributed by atoms with E-state index < -0.39 is 29.5 Å². The Kier molecular flexibility index (Phi) is 6.33. The molecular weight excluding hydrogens is 335 g/mol. The molecule has 26 heavy (non-hydrogen) atoms. The standard InChI is InChI=1S/C20H23FN2O3/c1-20(2,3)26-19(25)23-17(12-14-8-5-4-6-9-14)18(24)22-16-11-7-10-15(21)13-16/h4-11,13,17H,12H2,1-3H3,(H,22,24)(H,23,25)/t17-/m0/s1. The lowest BCUT2D eigenvalue weighted by Gasteiger charge is -2.23. The largest absolute Gasteiger partial charge is 0.444 e. The summed E-state index contributed by atoms with van der Waals surface area (Å²) in [5.41, 5.74) is 0.516. The Morgan fingerprint density at radius 1 is 1.08 bits per heavy atom. The second-order valence-electron chi connectivity index (χ2n) is 6.89. The Balaban J connectivity index is 2.13. The van der Waals surface area contributed by atoms with Crippen molar-refractivity contribution < 1.29 is 18.7 Å². The molecule has 0 radical (unpaired) electrons. The maximum absolute atomic E-state index is 13.3. The van der Waals surface area contributed by atoms with E-state index in [1.165, 1.54) is 18.2 Å². The molecule has 2 aromatic carbocycles. The summed E-state index contributed by atoms with van der Waals surface area (Å²) in [4.78, 5) is 24.7. The molecular formula is C20H23FN2O3. The molecule has 0 aliphatic heterocycles. The van der Waals surface area contributed by atoms with Gasteiger partial charge in [-0.15, -0.1) is 0 Å². The summed E-state index contributed by atoms with van der Waals surface area (Å²) in [6, 6.07) is 14.0. The predicted octanol–water partition coefficient (Wildman–Crippen LogP) is 3.90. The van der Waals surface area contributed by atoms with Gasteiger partial charge in [-0.3, -0.25) is 4.79 Å². The highest BCUT2D eigenvalue weighted by Crippen LogP contribution is 2.12. The lowest BCUT2D eigenvalue weighted by atomic mass is 10.1. The third-order valence-electron chi connectivity index (χ3n) is 3.38. The molecule has 1 atom stereocenters. The van der Waals surface area contributed by atoms with Crippen LogP contribution in [0.1, 0.15) is 26.3 Å². The normalized spacial score (nSPS) is 12.2. The molecule has 2 N–H and O–H groups in total. The number of carbonyl (C=O) groups excluding carboxylic acids is 2. The number of amides is 2. The minimum atomic E-state index is -0.865. The van der Waals surface area contributed by atoms with Gasteiger partial charge in [0.25, 0.3) is 0 Å². The minimum absolute atomic E-state index is 0.279. The van der Waals surface area contributed by atoms with Crippen LogP contribution in [0, 0.1) is 5.82 Å². The molecule has 0 fully saturated rings. The van der Waals surface area contributed by atoms with Crippen LogP contribution in [-0.4, -0.2) is 23.6 Å². The van der Waals surface area contributed by atoms with Gasteiger partial charge in [-0.05, 0) is 44.5 Å². The van der Waals surface area contributed by atoms with E-state index in [4.69, 9.17) is 4.74 Å². The molecule has 0 bridgehead atoms. The van der Waals surface area contributed by atoms with Crippen molar-refractivity contribution in [3.05, 3.63) is 66.0 Å². The fraction of sp³-hybridized carbons (Fsp3) is 0.300. The quantitative estimate of drug-likeness (QED) is 0.852. The van der Waals surface area contributed by atoms with E-state index in [-0.39, 0.29) is 6.42 Å². The van der Waals surface area contributed by atoms with Crippen LogP contribution in [-0.2, 0) is 16.0 Å². The number of ether oxygens (including phenoxy) is 1. The highest BCUT2D eigenvalue weighted by Gasteiger charge is 2.25. The zero-order chi connectivity index (χ0) is 19.2. The highest BCUT2D eigenvalue weighted by molar-refractivity contribution is 5.96. The van der Waals surface area contributed by atoms with Gasteiger partial charge in [0, 0.05) is 12.1 Å². The van der Waals surface area contributed by atoms with Crippen molar-refractivity contribution in [3.63, 3.8) is 0 Å². The number of hydrogen-bond donors (Lipinski definition) is 2. The van der Waals surface area contributed by atoms with E-state index in [0.29, 0.717) is 5.69 Å². The first kappa shape index (κ1) is 19.4. The molecule has 2 aromatic rings. The molecule has 6 heteroatoms. The SMILES string of the molecule is CC(C)(C)OC(=O)N[C@@H](Cc1ccccc1)C(=O)Nc1cccc(F)c1. The molecule has 0 heterocycles. The molecule has 0 aliphatic carbocycles. The maximum atomic E-state index is 13.3. The van der Waals surface area contributed by atoms with E-state index in [1.807, 2.05) is 30.3 Å². The Bertz CT molecular complexity index is 757. The molecule has 0 saturated carbocycles. The first-order valence-electron chi connectivity index (χ1n) is 8.33. The van der Waals surface area contributed by atoms with Crippen LogP contribution < -0.4 is 10.6 Å². The van der Waals surface area contributed by atoms with Crippen LogP contribution >= 0.6 is 0 Å². The van der Waals surface area contributed by atoms with E-state index >= 15 is 0 Å². The van der Waals surface area contributed by atoms with Crippen molar-refractivity contribution in [3.8, 4) is 0 Å². The molecule has 2 rings (SSSR count). The third kappa shape index (κ3) is 6.55. The van der Waals surface area contributed by atoms with Crippen LogP contribution in [0.4, 0.5) is 14.9 Å². The van der Waals surface area contributed by atoms with Gasteiger partial charge in [-0.2, -0.15) is 0 Å². The number of anilines is 1. The molecule has 0 aliphatic rings. The van der Waals surface area contributed by atoms with Crippen molar-refractivity contribution in [2.75, 3.05) is 5.32 Å². The summed E-state index contributed by atoms with van der Waals surface area (Å²) in [6.45, 7) is 5.22. The fourth-order valence-electron chi connectivity index (χ4n) is 2.30. The predicted molar refractivity (Wildman–Crippen MR) is 98.3 cm³/mol. The molecule has 138 valence electrons. The Labute approximate surface area is 152 Å². The van der Waals surface area contributed by atoms with Crippen molar-refractivity contribution in [2.24, 2.45) is 0 Å². The van der Waals surface area contributed by atoms with Crippen molar-refractivity contribution in [2.45, 2.75) is 38.8 Å². The monoisotopic (exact) mass is 358 g/mol. The minimum Gasteiger partial charge on any atom is -0.444 e. The van der Waals surface area contributed by atoms with Crippen LogP contribution in [0.5, 0.6) is 0 Å². The van der Waals surface area contributed by atoms with Crippen molar-refractivity contribution in [1.29, 1.82) is 0 Å². The van der Waals surface area contributed by atoms with Gasteiger partial charge in [0.2, 0.25) is 5.91 Å². The van der Waals surface area contributed by atoms with Gasteiger partial charge in [0.05, 0.1) is 0 Å². The summed E-state index contributed by atoms with van der Waals surface area (Å²) in [6.07, 6.45) is -0.408. The fourth-order valence-corrected chi connectivity index (χ4v) is 2.30. The lowest BCUT2D eigenvalue weighted by molar-refractivity contribution is -0.118. The number of rotatable bonds is 5. The van der Waals surface area contributed by atoms with E-state index in [9.17, 15) is 14.0 Å². The molecule has 0 unspecified atom stereocenters. The first-order valence-corrected chi connectivity index (χ1v) is 8.33. The van der Waals surface area contributed by atoms with Gasteiger partial charge >= 0.3 is 6.09 Å². The van der Waals surface area contributed by atoms with Crippen LogP contribution in [0.15, 0.2) is 54.6 Å². The van der Waals surface area contributed by atoms with E-state index in [0.717, 1.165) is 5.56 Å². The summed E-state index contributed by atoms with van der Waals surface area (Å²) >= 11 is 0. The summed E-state index contributed by atoms with van der Waals surface area (Å²) < 4.78 is 18.6. The van der Waals surface area contributed by atoms with Gasteiger partial charge in [0.15, 0.2) is 0 Å². The number of carbonyl (C=O) groups is 2. The second-order valence-corrected chi connectivity index (χ2v) is 6.89. The number of benzene rings is 2. The smallest absolute Gasteiger partial charge is 0.408 e. The number of nitrogens with one attached hydrogen (secondary N) is 2. The number of hydrogen-bond acceptors (Lipinski definition) is 3. The van der Waals surface area contributed by atoms with Crippen molar-refractivity contribution in [1.82, 2.24) is 5.32 Å². The topological polar surface area (TPSA) is 67.4 Å². The zero-order valence-corrected chi connectivity index (χ0v) is 15.1. The van der Waals surface area contributed by atoms with Crippen LogP contribution in [0.25, 0.3) is 0 Å². The lowest BCUT2D eigenvalue weighted by Crippen LogP contribution is -2.47. The molecule has 0 saturated heterocycles. The van der Waals surface area contributed by atoms with E-state index in [2.05, 4.69) is 10.6 Å². The summed E-state index contributed by atoms with van der Waals surface area (Å²) in [7, 11) is 0. The van der Waals surface area contributed by atoms with Crippen LogP contribution in [0.3, 0.4) is 0 Å². The molecule has 2 amide bonds. The maximum Gasteiger partial charge on any atom is 0.408 e. The molecule has 5 nitrogen and oxygen atoms in total. The summed E-state index contributed by atoms with van der Waals surface area (Å²) in [5, 5.41) is 5.21. The highest BCUT2D eigenvalue weighted by atomic mass is 19.1. The second kappa shape index (κ2) is 8.47. The Morgan fingerprint density at radius 3 is 2.38 bits per heavy atom. The zero-order valence-electron chi connectivity index (χ0n) is 15.1. The Hall–Kier alpha value is -2.89. The van der Waals surface area contributed by atoms with Crippen molar-refractivity contribution >= 4 is 17.7 Å². The van der Waals surface area contributed by atoms with Gasteiger partial charge in [-0.25, -0.2) is 9.18 Å². The van der Waals surface area contributed by atoms with Gasteiger partial charge in [-0.1, -0.05) is 36.4 Å². The summed E-state index contributed by atoms with van der Waals surface area (Å²) in [5.74, 6) is -0.909. The average molecular weight is 358 g/mol. The van der Waals surface area contributed by atoms with E-state index in [1.54, 1.807) is 26.8 Å². The van der Waals surface area contributed by atoms with Gasteiger partial charge in [0.1, 0.15) is 17.5 Å². The molecule has 0 spiro atoms. The average Bonchev–Trinajstić information content (AvgIpc) is 2.53. The van der Waals surface area contributed by atoms with Crippen LogP contribution in [0.2, 0.25) is 0 Å². The van der Waals surface area contributed by atoms with Gasteiger partial charge < -0.3 is 15.4 Å².